The second-order valence-corrected chi connectivity index (χ2v) is 2.92. The first kappa shape index (κ1) is 10.7. The largest absolute Gasteiger partial charge is 0.465 e. The lowest BCUT2D eigenvalue weighted by atomic mass is 10.0. The van der Waals surface area contributed by atoms with E-state index in [1.807, 2.05) is 6.07 Å². The Morgan fingerprint density at radius 2 is 2.14 bits per heavy atom. The average molecular weight is 194 g/mol. The quantitative estimate of drug-likeness (QED) is 0.684. The third-order valence-corrected chi connectivity index (χ3v) is 2.02. The first-order valence-corrected chi connectivity index (χ1v) is 4.33. The van der Waals surface area contributed by atoms with Crippen LogP contribution in [0.1, 0.15) is 22.0 Å². The van der Waals surface area contributed by atoms with Gasteiger partial charge in [-0.2, -0.15) is 0 Å². The van der Waals surface area contributed by atoms with Crippen LogP contribution in [-0.4, -0.2) is 19.6 Å². The van der Waals surface area contributed by atoms with Crippen molar-refractivity contribution in [3.63, 3.8) is 0 Å². The van der Waals surface area contributed by atoms with E-state index in [1.165, 1.54) is 7.11 Å². The highest BCUT2D eigenvalue weighted by molar-refractivity contribution is 5.91. The molecule has 0 fully saturated rings. The molecule has 1 aromatic rings. The van der Waals surface area contributed by atoms with Crippen molar-refractivity contribution in [2.24, 2.45) is 11.5 Å². The van der Waals surface area contributed by atoms with Crippen LogP contribution in [0.3, 0.4) is 0 Å². The van der Waals surface area contributed by atoms with Crippen molar-refractivity contribution in [1.82, 2.24) is 0 Å². The van der Waals surface area contributed by atoms with Crippen LogP contribution >= 0.6 is 0 Å². The summed E-state index contributed by atoms with van der Waals surface area (Å²) in [6.45, 7) is 0.300. The van der Waals surface area contributed by atoms with Crippen molar-refractivity contribution >= 4 is 5.97 Å². The first-order valence-electron chi connectivity index (χ1n) is 4.33. The number of hydrogen-bond acceptors (Lipinski definition) is 4. The fourth-order valence-corrected chi connectivity index (χ4v) is 1.24. The number of carbonyl (C=O) groups is 1. The molecule has 0 saturated heterocycles. The van der Waals surface area contributed by atoms with E-state index in [0.29, 0.717) is 12.1 Å². The highest BCUT2D eigenvalue weighted by Crippen LogP contribution is 2.15. The molecular formula is C10H14N2O2. The number of methoxy groups -OCH3 is 1. The summed E-state index contributed by atoms with van der Waals surface area (Å²) in [5, 5.41) is 0. The smallest absolute Gasteiger partial charge is 0.338 e. The summed E-state index contributed by atoms with van der Waals surface area (Å²) < 4.78 is 4.64. The highest BCUT2D eigenvalue weighted by atomic mass is 16.5. The Hall–Kier alpha value is -1.39. The molecule has 0 saturated carbocycles. The molecule has 1 atom stereocenters. The highest BCUT2D eigenvalue weighted by Gasteiger charge is 2.14. The Kier molecular flexibility index (Phi) is 3.62. The maximum absolute atomic E-state index is 11.3. The van der Waals surface area contributed by atoms with E-state index in [9.17, 15) is 4.79 Å². The summed E-state index contributed by atoms with van der Waals surface area (Å²) in [7, 11) is 1.34. The Bertz CT molecular complexity index is 326. The van der Waals surface area contributed by atoms with Gasteiger partial charge in [0.05, 0.1) is 12.7 Å². The number of benzene rings is 1. The van der Waals surface area contributed by atoms with Crippen LogP contribution in [0.2, 0.25) is 0 Å². The van der Waals surface area contributed by atoms with Crippen LogP contribution in [0, 0.1) is 0 Å². The molecule has 0 aliphatic heterocycles. The van der Waals surface area contributed by atoms with E-state index >= 15 is 0 Å². The summed E-state index contributed by atoms with van der Waals surface area (Å²) >= 11 is 0. The SMILES string of the molecule is COC(=O)c1ccccc1[C@H](N)CN. The normalized spacial score (nSPS) is 12.2. The Labute approximate surface area is 82.8 Å². The molecule has 0 heterocycles. The van der Waals surface area contributed by atoms with Crippen molar-refractivity contribution in [1.29, 1.82) is 0 Å². The summed E-state index contributed by atoms with van der Waals surface area (Å²) in [6.07, 6.45) is 0. The minimum atomic E-state index is -0.385. The van der Waals surface area contributed by atoms with Crippen LogP contribution in [0.4, 0.5) is 0 Å². The third-order valence-electron chi connectivity index (χ3n) is 2.02. The zero-order chi connectivity index (χ0) is 10.6. The number of nitrogens with two attached hydrogens (primary N) is 2. The van der Waals surface area contributed by atoms with Gasteiger partial charge in [-0.3, -0.25) is 0 Å². The van der Waals surface area contributed by atoms with Crippen molar-refractivity contribution in [2.45, 2.75) is 6.04 Å². The Morgan fingerprint density at radius 3 is 2.71 bits per heavy atom. The molecule has 76 valence electrons. The van der Waals surface area contributed by atoms with Crippen molar-refractivity contribution in [3.8, 4) is 0 Å². The lowest BCUT2D eigenvalue weighted by Gasteiger charge is -2.12. The number of esters is 1. The van der Waals surface area contributed by atoms with E-state index in [2.05, 4.69) is 4.74 Å². The molecule has 4 heteroatoms. The van der Waals surface area contributed by atoms with Crippen molar-refractivity contribution in [2.75, 3.05) is 13.7 Å². The van der Waals surface area contributed by atoms with Crippen molar-refractivity contribution in [3.05, 3.63) is 35.4 Å². The molecule has 0 amide bonds. The number of hydrogen-bond donors (Lipinski definition) is 2. The fraction of sp³-hybridized carbons (Fsp3) is 0.300. The van der Waals surface area contributed by atoms with Crippen LogP contribution in [0.5, 0.6) is 0 Å². The lowest BCUT2D eigenvalue weighted by Crippen LogP contribution is -2.23. The molecule has 0 radical (unpaired) electrons. The average Bonchev–Trinajstić information content (AvgIpc) is 2.27. The molecule has 14 heavy (non-hydrogen) atoms. The molecular weight excluding hydrogens is 180 g/mol. The minimum absolute atomic E-state index is 0.300. The Balaban J connectivity index is 3.09. The van der Waals surface area contributed by atoms with E-state index < -0.39 is 0 Å². The lowest BCUT2D eigenvalue weighted by molar-refractivity contribution is 0.0599. The number of carbonyl (C=O) groups excluding carboxylic acids is 1. The monoisotopic (exact) mass is 194 g/mol. The maximum atomic E-state index is 11.3. The van der Waals surface area contributed by atoms with Crippen LogP contribution in [0.25, 0.3) is 0 Å². The molecule has 4 N–H and O–H groups in total. The molecule has 0 unspecified atom stereocenters. The van der Waals surface area contributed by atoms with Crippen LogP contribution in [-0.2, 0) is 4.74 Å². The number of rotatable bonds is 3. The standard InChI is InChI=1S/C10H14N2O2/c1-14-10(13)8-5-3-2-4-7(8)9(12)6-11/h2-5,9H,6,11-12H2,1H3/t9-/m1/s1. The van der Waals surface area contributed by atoms with Crippen LogP contribution in [0.15, 0.2) is 24.3 Å². The van der Waals surface area contributed by atoms with E-state index in [-0.39, 0.29) is 12.0 Å². The van der Waals surface area contributed by atoms with Gasteiger partial charge < -0.3 is 16.2 Å². The van der Waals surface area contributed by atoms with E-state index in [1.54, 1.807) is 18.2 Å². The molecule has 0 aliphatic carbocycles. The molecule has 1 aromatic carbocycles. The van der Waals surface area contributed by atoms with E-state index in [0.717, 1.165) is 5.56 Å². The van der Waals surface area contributed by atoms with Gasteiger partial charge in [-0.1, -0.05) is 18.2 Å². The summed E-state index contributed by atoms with van der Waals surface area (Å²) in [6, 6.07) is 6.71. The molecule has 4 nitrogen and oxygen atoms in total. The van der Waals surface area contributed by atoms with Gasteiger partial charge in [0.2, 0.25) is 0 Å². The maximum Gasteiger partial charge on any atom is 0.338 e. The zero-order valence-electron chi connectivity index (χ0n) is 8.07. The van der Waals surface area contributed by atoms with Gasteiger partial charge in [-0.15, -0.1) is 0 Å². The summed E-state index contributed by atoms with van der Waals surface area (Å²) in [5.74, 6) is -0.385. The van der Waals surface area contributed by atoms with Gasteiger partial charge in [-0.05, 0) is 11.6 Å². The van der Waals surface area contributed by atoms with E-state index in [4.69, 9.17) is 11.5 Å². The van der Waals surface area contributed by atoms with Gasteiger partial charge in [0.15, 0.2) is 0 Å². The summed E-state index contributed by atoms with van der Waals surface area (Å²) in [5.41, 5.74) is 12.4. The molecule has 0 bridgehead atoms. The molecule has 0 spiro atoms. The fourth-order valence-electron chi connectivity index (χ4n) is 1.24. The van der Waals surface area contributed by atoms with Gasteiger partial charge in [0.1, 0.15) is 0 Å². The zero-order valence-corrected chi connectivity index (χ0v) is 8.07. The number of ether oxygens (including phenoxy) is 1. The van der Waals surface area contributed by atoms with Gasteiger partial charge in [-0.25, -0.2) is 4.79 Å². The topological polar surface area (TPSA) is 78.3 Å². The minimum Gasteiger partial charge on any atom is -0.465 e. The second kappa shape index (κ2) is 4.74. The van der Waals surface area contributed by atoms with Crippen LogP contribution < -0.4 is 11.5 Å². The van der Waals surface area contributed by atoms with Gasteiger partial charge in [0.25, 0.3) is 0 Å². The van der Waals surface area contributed by atoms with Gasteiger partial charge in [0, 0.05) is 12.6 Å². The third kappa shape index (κ3) is 2.10. The molecule has 1 rings (SSSR count). The second-order valence-electron chi connectivity index (χ2n) is 2.92. The Morgan fingerprint density at radius 1 is 1.50 bits per heavy atom. The first-order chi connectivity index (χ1) is 6.70. The van der Waals surface area contributed by atoms with Crippen molar-refractivity contribution < 1.29 is 9.53 Å². The summed E-state index contributed by atoms with van der Waals surface area (Å²) in [4.78, 5) is 11.3. The van der Waals surface area contributed by atoms with Gasteiger partial charge >= 0.3 is 5.97 Å². The molecule has 0 aliphatic rings. The predicted octanol–water partition coefficient (Wildman–Crippen LogP) is 0.432. The predicted molar refractivity (Wildman–Crippen MR) is 53.8 cm³/mol. The molecule has 0 aromatic heterocycles.